The first kappa shape index (κ1) is 15.3. The van der Waals surface area contributed by atoms with E-state index in [0.29, 0.717) is 17.4 Å². The van der Waals surface area contributed by atoms with Gasteiger partial charge in [-0.3, -0.25) is 0 Å². The van der Waals surface area contributed by atoms with Gasteiger partial charge < -0.3 is 15.4 Å². The molecular weight excluding hydrogens is 288 g/mol. The second-order valence-electron chi connectivity index (χ2n) is 5.60. The number of nitriles is 1. The van der Waals surface area contributed by atoms with Gasteiger partial charge in [0.1, 0.15) is 17.6 Å². The van der Waals surface area contributed by atoms with Crippen LogP contribution < -0.4 is 15.4 Å². The van der Waals surface area contributed by atoms with Crippen molar-refractivity contribution >= 4 is 5.82 Å². The van der Waals surface area contributed by atoms with Crippen molar-refractivity contribution in [2.24, 2.45) is 0 Å². The minimum Gasteiger partial charge on any atom is -0.497 e. The molecule has 3 rings (SSSR count). The van der Waals surface area contributed by atoms with Gasteiger partial charge in [-0.2, -0.15) is 5.26 Å². The zero-order valence-electron chi connectivity index (χ0n) is 13.2. The van der Waals surface area contributed by atoms with Gasteiger partial charge in [-0.05, 0) is 62.3 Å². The molecule has 5 heteroatoms. The average Bonchev–Trinajstić information content (AvgIpc) is 2.62. The molecule has 0 radical (unpaired) electrons. The largest absolute Gasteiger partial charge is 0.497 e. The van der Waals surface area contributed by atoms with E-state index >= 15 is 0 Å². The molecule has 0 bridgehead atoms. The Morgan fingerprint density at radius 1 is 1.17 bits per heavy atom. The number of piperidine rings is 1. The number of methoxy groups -OCH3 is 1. The quantitative estimate of drug-likeness (QED) is 0.909. The van der Waals surface area contributed by atoms with Gasteiger partial charge >= 0.3 is 0 Å². The van der Waals surface area contributed by atoms with Crippen LogP contribution in [0.3, 0.4) is 0 Å². The maximum absolute atomic E-state index is 9.32. The molecule has 1 aromatic carbocycles. The van der Waals surface area contributed by atoms with Gasteiger partial charge in [-0.15, -0.1) is 0 Å². The van der Waals surface area contributed by atoms with Gasteiger partial charge in [0.25, 0.3) is 0 Å². The lowest BCUT2D eigenvalue weighted by molar-refractivity contribution is 0.415. The number of anilines is 1. The summed E-state index contributed by atoms with van der Waals surface area (Å²) in [5, 5.41) is 16.1. The van der Waals surface area contributed by atoms with Crippen LogP contribution in [0.15, 0.2) is 36.4 Å². The molecule has 5 nitrogen and oxygen atoms in total. The van der Waals surface area contributed by atoms with Crippen molar-refractivity contribution in [3.05, 3.63) is 42.0 Å². The third-order valence-corrected chi connectivity index (χ3v) is 4.08. The average molecular weight is 308 g/mol. The predicted molar refractivity (Wildman–Crippen MR) is 90.5 cm³/mol. The van der Waals surface area contributed by atoms with Crippen molar-refractivity contribution < 1.29 is 4.74 Å². The second-order valence-corrected chi connectivity index (χ2v) is 5.60. The molecule has 0 amide bonds. The van der Waals surface area contributed by atoms with E-state index in [4.69, 9.17) is 4.74 Å². The molecule has 2 aromatic rings. The molecule has 1 fully saturated rings. The van der Waals surface area contributed by atoms with Crippen LogP contribution in [0.4, 0.5) is 5.82 Å². The van der Waals surface area contributed by atoms with Crippen molar-refractivity contribution in [3.8, 4) is 23.1 Å². The van der Waals surface area contributed by atoms with E-state index in [1.165, 1.54) is 0 Å². The highest BCUT2D eigenvalue weighted by molar-refractivity contribution is 5.65. The van der Waals surface area contributed by atoms with Crippen LogP contribution in [0.5, 0.6) is 5.75 Å². The standard InChI is InChI=1S/C18H20N4O/c1-23-16-5-2-13(3-6-16)17-7-4-14(12-19)18(22-17)21-15-8-10-20-11-9-15/h2-7,15,20H,8-11H2,1H3,(H,21,22). The normalized spacial score (nSPS) is 15.0. The van der Waals surface area contributed by atoms with E-state index in [1.807, 2.05) is 36.4 Å². The first-order chi connectivity index (χ1) is 11.3. The Kier molecular flexibility index (Phi) is 4.74. The van der Waals surface area contributed by atoms with Crippen molar-refractivity contribution in [2.75, 3.05) is 25.5 Å². The lowest BCUT2D eigenvalue weighted by Gasteiger charge is -2.24. The molecule has 0 aliphatic carbocycles. The number of benzene rings is 1. The highest BCUT2D eigenvalue weighted by Crippen LogP contribution is 2.24. The fourth-order valence-corrected chi connectivity index (χ4v) is 2.74. The summed E-state index contributed by atoms with van der Waals surface area (Å²) in [6.45, 7) is 2.00. The SMILES string of the molecule is COc1ccc(-c2ccc(C#N)c(NC3CCNCC3)n2)cc1. The fraction of sp³-hybridized carbons (Fsp3) is 0.333. The molecule has 1 aliphatic heterocycles. The minimum atomic E-state index is 0.363. The number of aromatic nitrogens is 1. The fourth-order valence-electron chi connectivity index (χ4n) is 2.74. The lowest BCUT2D eigenvalue weighted by atomic mass is 10.1. The third kappa shape index (κ3) is 3.61. The minimum absolute atomic E-state index is 0.363. The molecule has 118 valence electrons. The molecular formula is C18H20N4O. The van der Waals surface area contributed by atoms with Gasteiger partial charge in [0.2, 0.25) is 0 Å². The summed E-state index contributed by atoms with van der Waals surface area (Å²) in [5.74, 6) is 1.49. The number of hydrogen-bond acceptors (Lipinski definition) is 5. The summed E-state index contributed by atoms with van der Waals surface area (Å²) in [5.41, 5.74) is 2.44. The van der Waals surface area contributed by atoms with E-state index in [-0.39, 0.29) is 0 Å². The molecule has 0 unspecified atom stereocenters. The Labute approximate surface area is 136 Å². The smallest absolute Gasteiger partial charge is 0.144 e. The Hall–Kier alpha value is -2.58. The van der Waals surface area contributed by atoms with Crippen molar-refractivity contribution in [1.82, 2.24) is 10.3 Å². The van der Waals surface area contributed by atoms with Crippen LogP contribution in [0.1, 0.15) is 18.4 Å². The number of nitrogens with zero attached hydrogens (tertiary/aromatic N) is 2. The number of hydrogen-bond donors (Lipinski definition) is 2. The van der Waals surface area contributed by atoms with E-state index in [0.717, 1.165) is 42.9 Å². The Morgan fingerprint density at radius 3 is 2.57 bits per heavy atom. The molecule has 1 aliphatic rings. The summed E-state index contributed by atoms with van der Waals surface area (Å²) >= 11 is 0. The van der Waals surface area contributed by atoms with Gasteiger partial charge in [0.05, 0.1) is 18.4 Å². The summed E-state index contributed by atoms with van der Waals surface area (Å²) in [4.78, 5) is 4.67. The molecule has 23 heavy (non-hydrogen) atoms. The van der Waals surface area contributed by atoms with Crippen LogP contribution in [0, 0.1) is 11.3 Å². The molecule has 0 atom stereocenters. The summed E-state index contributed by atoms with van der Waals surface area (Å²) in [6.07, 6.45) is 2.08. The monoisotopic (exact) mass is 308 g/mol. The maximum Gasteiger partial charge on any atom is 0.144 e. The van der Waals surface area contributed by atoms with E-state index in [2.05, 4.69) is 21.7 Å². The van der Waals surface area contributed by atoms with E-state index < -0.39 is 0 Å². The maximum atomic E-state index is 9.32. The van der Waals surface area contributed by atoms with E-state index in [1.54, 1.807) is 7.11 Å². The van der Waals surface area contributed by atoms with Gasteiger partial charge in [0, 0.05) is 11.6 Å². The first-order valence-electron chi connectivity index (χ1n) is 7.83. The summed E-state index contributed by atoms with van der Waals surface area (Å²) in [7, 11) is 1.65. The molecule has 0 spiro atoms. The summed E-state index contributed by atoms with van der Waals surface area (Å²) < 4.78 is 5.18. The Morgan fingerprint density at radius 2 is 1.91 bits per heavy atom. The zero-order chi connectivity index (χ0) is 16.1. The van der Waals surface area contributed by atoms with Gasteiger partial charge in [-0.25, -0.2) is 4.98 Å². The topological polar surface area (TPSA) is 70.0 Å². The third-order valence-electron chi connectivity index (χ3n) is 4.08. The van der Waals surface area contributed by atoms with Crippen molar-refractivity contribution in [3.63, 3.8) is 0 Å². The van der Waals surface area contributed by atoms with Crippen LogP contribution >= 0.6 is 0 Å². The highest BCUT2D eigenvalue weighted by atomic mass is 16.5. The van der Waals surface area contributed by atoms with Crippen molar-refractivity contribution in [2.45, 2.75) is 18.9 Å². The van der Waals surface area contributed by atoms with Crippen LogP contribution in [-0.2, 0) is 0 Å². The number of pyridine rings is 1. The molecule has 1 aromatic heterocycles. The molecule has 2 N–H and O–H groups in total. The number of nitrogens with one attached hydrogen (secondary N) is 2. The van der Waals surface area contributed by atoms with Crippen LogP contribution in [-0.4, -0.2) is 31.2 Å². The number of ether oxygens (including phenoxy) is 1. The summed E-state index contributed by atoms with van der Waals surface area (Å²) in [6, 6.07) is 14.1. The number of rotatable bonds is 4. The Bertz CT molecular complexity index is 700. The predicted octanol–water partition coefficient (Wildman–Crippen LogP) is 2.79. The zero-order valence-corrected chi connectivity index (χ0v) is 13.2. The first-order valence-corrected chi connectivity index (χ1v) is 7.83. The van der Waals surface area contributed by atoms with Gasteiger partial charge in [0.15, 0.2) is 0 Å². The van der Waals surface area contributed by atoms with E-state index in [9.17, 15) is 5.26 Å². The van der Waals surface area contributed by atoms with Crippen LogP contribution in [0.2, 0.25) is 0 Å². The highest BCUT2D eigenvalue weighted by Gasteiger charge is 2.15. The van der Waals surface area contributed by atoms with Crippen molar-refractivity contribution in [1.29, 1.82) is 5.26 Å². The molecule has 2 heterocycles. The molecule has 1 saturated heterocycles. The Balaban J connectivity index is 1.86. The molecule has 0 saturated carbocycles. The van der Waals surface area contributed by atoms with Gasteiger partial charge in [-0.1, -0.05) is 0 Å². The van der Waals surface area contributed by atoms with Crippen LogP contribution in [0.25, 0.3) is 11.3 Å². The second kappa shape index (κ2) is 7.12. The lowest BCUT2D eigenvalue weighted by Crippen LogP contribution is -2.35.